The van der Waals surface area contributed by atoms with Gasteiger partial charge < -0.3 is 43.8 Å². The lowest BCUT2D eigenvalue weighted by molar-refractivity contribution is -0.127. The Morgan fingerprint density at radius 2 is 1.48 bits per heavy atom. The molecule has 15 nitrogen and oxygen atoms in total. The van der Waals surface area contributed by atoms with Crippen LogP contribution in [0.2, 0.25) is 0 Å². The van der Waals surface area contributed by atoms with Crippen LogP contribution in [0.3, 0.4) is 0 Å². The number of hydrogen-bond donors (Lipinski definition) is 2. The topological polar surface area (TPSA) is 173 Å². The molecule has 7 rings (SSSR count). The van der Waals surface area contributed by atoms with E-state index in [1.807, 2.05) is 67.4 Å². The molecule has 0 aromatic heterocycles. The normalized spacial score (nSPS) is 18.9. The molecular weight excluding hydrogens is 833 g/mol. The van der Waals surface area contributed by atoms with Crippen molar-refractivity contribution in [3.63, 3.8) is 0 Å². The molecule has 0 bridgehead atoms. The molecule has 2 aliphatic heterocycles. The van der Waals surface area contributed by atoms with E-state index in [1.165, 1.54) is 12.2 Å². The number of benzene rings is 3. The summed E-state index contributed by atoms with van der Waals surface area (Å²) in [5, 5.41) is 13.2. The Hall–Kier alpha value is -6.09. The summed E-state index contributed by atoms with van der Waals surface area (Å²) in [5.41, 5.74) is 3.50. The van der Waals surface area contributed by atoms with Crippen LogP contribution in [-0.4, -0.2) is 96.2 Å². The molecule has 0 fully saturated rings. The van der Waals surface area contributed by atoms with E-state index in [1.54, 1.807) is 28.4 Å². The van der Waals surface area contributed by atoms with Crippen molar-refractivity contribution in [3.05, 3.63) is 77.4 Å². The van der Waals surface area contributed by atoms with Crippen molar-refractivity contribution in [2.75, 3.05) is 66.5 Å². The first-order valence-electron chi connectivity index (χ1n) is 22.3. The van der Waals surface area contributed by atoms with Crippen molar-refractivity contribution in [2.24, 2.45) is 28.3 Å². The summed E-state index contributed by atoms with van der Waals surface area (Å²) in [5.74, 6) is 0.663. The van der Waals surface area contributed by atoms with E-state index in [2.05, 4.69) is 24.5 Å². The zero-order chi connectivity index (χ0) is 46.5. The SMILES string of the molecule is COc1ccc(N2C[C@@H]3C(=N2)c2cc4c(cc2[C@@H](c2cc(OC)c(OC)c(OC)c2)C3C(=O)NCCNC(=O)CCC(C)(C)OCCC(C)(C)CCCC2C(=O)C=CC2=O)OCO4)cc1. The van der Waals surface area contributed by atoms with Gasteiger partial charge in [0.05, 0.1) is 63.8 Å². The molecule has 2 amide bonds. The number of carbonyl (C=O) groups excluding carboxylic acids is 4. The van der Waals surface area contributed by atoms with Crippen LogP contribution in [0.5, 0.6) is 34.5 Å². The number of nitrogens with zero attached hydrogens (tertiary/aromatic N) is 2. The number of carbonyl (C=O) groups is 4. The van der Waals surface area contributed by atoms with Gasteiger partial charge in [-0.15, -0.1) is 0 Å². The van der Waals surface area contributed by atoms with Gasteiger partial charge in [0.1, 0.15) is 5.75 Å². The number of hydrogen-bond acceptors (Lipinski definition) is 13. The Kier molecular flexibility index (Phi) is 14.4. The molecule has 2 aliphatic carbocycles. The maximum atomic E-state index is 14.8. The van der Waals surface area contributed by atoms with Gasteiger partial charge in [0.2, 0.25) is 24.4 Å². The molecule has 3 aromatic rings. The van der Waals surface area contributed by atoms with Crippen molar-refractivity contribution in [1.82, 2.24) is 10.6 Å². The number of allylic oxidation sites excluding steroid dienone is 2. The van der Waals surface area contributed by atoms with Crippen LogP contribution >= 0.6 is 0 Å². The molecule has 2 N–H and O–H groups in total. The van der Waals surface area contributed by atoms with E-state index in [-0.39, 0.29) is 61.0 Å². The molecule has 0 saturated carbocycles. The summed E-state index contributed by atoms with van der Waals surface area (Å²) in [7, 11) is 6.30. The third kappa shape index (κ3) is 10.6. The fourth-order valence-electron chi connectivity index (χ4n) is 9.25. The van der Waals surface area contributed by atoms with Gasteiger partial charge >= 0.3 is 0 Å². The highest BCUT2D eigenvalue weighted by Crippen LogP contribution is 2.52. The Labute approximate surface area is 381 Å². The summed E-state index contributed by atoms with van der Waals surface area (Å²) in [6, 6.07) is 15.3. The van der Waals surface area contributed by atoms with Gasteiger partial charge in [0, 0.05) is 43.5 Å². The van der Waals surface area contributed by atoms with Crippen molar-refractivity contribution >= 4 is 34.8 Å². The molecule has 3 atom stereocenters. The van der Waals surface area contributed by atoms with Crippen LogP contribution < -0.4 is 44.1 Å². The molecule has 3 aromatic carbocycles. The van der Waals surface area contributed by atoms with Crippen LogP contribution in [0.25, 0.3) is 0 Å². The standard InChI is InChI=1S/C50H62N4O11/c1-49(2,18-9-10-33-37(55)15-16-38(33)56)20-23-65-50(3,4)19-17-43(57)51-21-22-52-48(58)45-36-28-54(31-11-13-32(59-5)14-12-31)53-46(36)35-27-40-39(63-29-64-40)26-34(35)44(45)30-24-41(60-6)47(62-8)42(25-30)61-7/h11-16,24-27,33,36,44-45H,9-10,17-23,28-29H2,1-8H3,(H,51,57)(H,52,58)/t36-,44+,45?/m0/s1. The summed E-state index contributed by atoms with van der Waals surface area (Å²) >= 11 is 0. The highest BCUT2D eigenvalue weighted by Gasteiger charge is 2.50. The van der Waals surface area contributed by atoms with Gasteiger partial charge in [0.15, 0.2) is 34.6 Å². The molecule has 0 radical (unpaired) electrons. The molecule has 2 heterocycles. The van der Waals surface area contributed by atoms with Gasteiger partial charge in [-0.05, 0) is 117 Å². The van der Waals surface area contributed by atoms with E-state index >= 15 is 0 Å². The number of rotatable bonds is 21. The number of anilines is 1. The minimum Gasteiger partial charge on any atom is -0.497 e. The number of ether oxygens (including phenoxy) is 7. The summed E-state index contributed by atoms with van der Waals surface area (Å²) in [6.07, 6.45) is 6.56. The van der Waals surface area contributed by atoms with Crippen molar-refractivity contribution in [1.29, 1.82) is 0 Å². The fraction of sp³-hybridized carbons (Fsp3) is 0.500. The van der Waals surface area contributed by atoms with Gasteiger partial charge in [-0.1, -0.05) is 20.3 Å². The van der Waals surface area contributed by atoms with Crippen LogP contribution in [0.4, 0.5) is 5.69 Å². The van der Waals surface area contributed by atoms with Crippen LogP contribution in [0.15, 0.2) is 65.8 Å². The zero-order valence-corrected chi connectivity index (χ0v) is 38.7. The number of amides is 2. The maximum absolute atomic E-state index is 14.8. The van der Waals surface area contributed by atoms with E-state index in [4.69, 9.17) is 38.3 Å². The quantitative estimate of drug-likeness (QED) is 0.0851. The minimum absolute atomic E-state index is 0.0309. The van der Waals surface area contributed by atoms with E-state index in [0.29, 0.717) is 54.7 Å². The highest BCUT2D eigenvalue weighted by molar-refractivity contribution is 6.18. The lowest BCUT2D eigenvalue weighted by atomic mass is 9.65. The van der Waals surface area contributed by atoms with Gasteiger partial charge in [-0.25, -0.2) is 0 Å². The molecule has 4 aliphatic rings. The van der Waals surface area contributed by atoms with E-state index in [9.17, 15) is 19.2 Å². The van der Waals surface area contributed by atoms with Gasteiger partial charge in [-0.3, -0.25) is 24.2 Å². The fourth-order valence-corrected chi connectivity index (χ4v) is 9.25. The second-order valence-corrected chi connectivity index (χ2v) is 18.4. The molecule has 1 unspecified atom stereocenters. The van der Waals surface area contributed by atoms with E-state index in [0.717, 1.165) is 53.1 Å². The number of hydrazone groups is 1. The number of ketones is 2. The summed E-state index contributed by atoms with van der Waals surface area (Å²) < 4.78 is 40.7. The third-order valence-corrected chi connectivity index (χ3v) is 13.0. The Balaban J connectivity index is 1.02. The molecule has 15 heteroatoms. The van der Waals surface area contributed by atoms with Crippen LogP contribution in [-0.2, 0) is 23.9 Å². The highest BCUT2D eigenvalue weighted by atomic mass is 16.7. The smallest absolute Gasteiger partial charge is 0.231 e. The number of methoxy groups -OCH3 is 4. The molecule has 0 spiro atoms. The first-order chi connectivity index (χ1) is 31.1. The minimum atomic E-state index is -0.663. The van der Waals surface area contributed by atoms with Crippen molar-refractivity contribution in [2.45, 2.75) is 77.7 Å². The Morgan fingerprint density at radius 1 is 0.815 bits per heavy atom. The molecule has 348 valence electrons. The first-order valence-corrected chi connectivity index (χ1v) is 22.3. The largest absolute Gasteiger partial charge is 0.497 e. The lowest BCUT2D eigenvalue weighted by Crippen LogP contribution is -2.47. The second-order valence-electron chi connectivity index (χ2n) is 18.4. The Bertz CT molecular complexity index is 2280. The van der Waals surface area contributed by atoms with Crippen molar-refractivity contribution < 1.29 is 52.3 Å². The molecule has 65 heavy (non-hydrogen) atoms. The summed E-state index contributed by atoms with van der Waals surface area (Å²) in [4.78, 5) is 51.9. The van der Waals surface area contributed by atoms with E-state index < -0.39 is 23.4 Å². The predicted octanol–water partition coefficient (Wildman–Crippen LogP) is 6.77. The maximum Gasteiger partial charge on any atom is 0.231 e. The zero-order valence-electron chi connectivity index (χ0n) is 38.7. The average molecular weight is 895 g/mol. The van der Waals surface area contributed by atoms with Crippen LogP contribution in [0.1, 0.15) is 88.8 Å². The first kappa shape index (κ1) is 46.9. The number of nitrogens with one attached hydrogen (secondary N) is 2. The van der Waals surface area contributed by atoms with Gasteiger partial charge in [0.25, 0.3) is 0 Å². The molecule has 0 saturated heterocycles. The third-order valence-electron chi connectivity index (χ3n) is 13.0. The predicted molar refractivity (Wildman–Crippen MR) is 245 cm³/mol. The van der Waals surface area contributed by atoms with Crippen LogP contribution in [0, 0.1) is 23.2 Å². The monoisotopic (exact) mass is 894 g/mol. The lowest BCUT2D eigenvalue weighted by Gasteiger charge is -2.38. The van der Waals surface area contributed by atoms with Gasteiger partial charge in [-0.2, -0.15) is 5.10 Å². The second kappa shape index (κ2) is 20.0. The van der Waals surface area contributed by atoms with Crippen molar-refractivity contribution in [3.8, 4) is 34.5 Å². The number of fused-ring (bicyclic) bond motifs is 4. The average Bonchev–Trinajstić information content (AvgIpc) is 4.03. The summed E-state index contributed by atoms with van der Waals surface area (Å²) in [6.45, 7) is 9.75. The molecular formula is C50H62N4O11. The Morgan fingerprint density at radius 3 is 2.12 bits per heavy atom.